The van der Waals surface area contributed by atoms with Crippen LogP contribution in [0.2, 0.25) is 0 Å². The molecule has 0 radical (unpaired) electrons. The van der Waals surface area contributed by atoms with Gasteiger partial charge in [-0.1, -0.05) is 12.2 Å². The smallest absolute Gasteiger partial charge is 0.328 e. The molecule has 1 fully saturated rings. The Bertz CT molecular complexity index is 430. The maximum atomic E-state index is 12.4. The van der Waals surface area contributed by atoms with Crippen LogP contribution < -0.4 is 0 Å². The van der Waals surface area contributed by atoms with E-state index in [1.807, 2.05) is 13.0 Å². The monoisotopic (exact) mass is 309 g/mol. The average Bonchev–Trinajstić information content (AvgIpc) is 3.01. The average molecular weight is 309 g/mol. The molecule has 1 aliphatic heterocycles. The highest BCUT2D eigenvalue weighted by atomic mass is 16.5. The van der Waals surface area contributed by atoms with Crippen LogP contribution in [0.15, 0.2) is 12.2 Å². The van der Waals surface area contributed by atoms with Gasteiger partial charge in [0.2, 0.25) is 5.91 Å². The number of amides is 1. The number of hydrogen-bond acceptors (Lipinski definition) is 4. The summed E-state index contributed by atoms with van der Waals surface area (Å²) >= 11 is 0. The minimum Gasteiger partial charge on any atom is -0.467 e. The van der Waals surface area contributed by atoms with E-state index in [1.165, 1.54) is 12.0 Å². The minimum atomic E-state index is -0.674. The molecule has 1 amide bonds. The standard InChI is InChI=1S/C17H27NO4/c1-4-5-6-7-8-11-15(19)13(2)16(20)18-12-9-10-14(18)17(21)22-3/h4-5,13-14H,6-12H2,1-3H3. The normalized spacial score (nSPS) is 19.4. The number of ether oxygens (including phenoxy) is 1. The fourth-order valence-electron chi connectivity index (χ4n) is 2.74. The third-order valence-electron chi connectivity index (χ3n) is 4.14. The third-order valence-corrected chi connectivity index (χ3v) is 4.14. The molecule has 1 aliphatic rings. The van der Waals surface area contributed by atoms with Crippen LogP contribution in [0.3, 0.4) is 0 Å². The summed E-state index contributed by atoms with van der Waals surface area (Å²) in [6, 6.07) is -0.526. The van der Waals surface area contributed by atoms with E-state index in [4.69, 9.17) is 4.74 Å². The zero-order valence-corrected chi connectivity index (χ0v) is 13.8. The molecule has 1 rings (SSSR count). The van der Waals surface area contributed by atoms with E-state index in [0.717, 1.165) is 25.7 Å². The molecule has 0 saturated carbocycles. The Labute approximate surface area is 132 Å². The van der Waals surface area contributed by atoms with Crippen LogP contribution in [0, 0.1) is 5.92 Å². The number of hydrogen-bond donors (Lipinski definition) is 0. The van der Waals surface area contributed by atoms with Gasteiger partial charge >= 0.3 is 5.97 Å². The Kier molecular flexibility index (Phi) is 7.85. The first-order valence-corrected chi connectivity index (χ1v) is 8.05. The predicted molar refractivity (Wildman–Crippen MR) is 84.2 cm³/mol. The van der Waals surface area contributed by atoms with Crippen LogP contribution in [0.1, 0.15) is 52.4 Å². The van der Waals surface area contributed by atoms with E-state index in [9.17, 15) is 14.4 Å². The molecular formula is C17H27NO4. The van der Waals surface area contributed by atoms with Gasteiger partial charge in [0.05, 0.1) is 13.0 Å². The maximum Gasteiger partial charge on any atom is 0.328 e. The van der Waals surface area contributed by atoms with Crippen molar-refractivity contribution in [1.82, 2.24) is 4.90 Å². The lowest BCUT2D eigenvalue weighted by Crippen LogP contribution is -2.45. The molecule has 5 heteroatoms. The van der Waals surface area contributed by atoms with Gasteiger partial charge in [-0.25, -0.2) is 4.79 Å². The second-order valence-corrected chi connectivity index (χ2v) is 5.72. The lowest BCUT2D eigenvalue weighted by atomic mass is 9.99. The number of esters is 1. The van der Waals surface area contributed by atoms with Crippen molar-refractivity contribution in [2.45, 2.75) is 58.4 Å². The number of nitrogens with zero attached hydrogens (tertiary/aromatic N) is 1. The SMILES string of the molecule is CC=CCCCCC(=O)C(C)C(=O)N1CCCC1C(=O)OC. The molecule has 0 spiro atoms. The van der Waals surface area contributed by atoms with Gasteiger partial charge in [-0.3, -0.25) is 9.59 Å². The Morgan fingerprint density at radius 2 is 2.05 bits per heavy atom. The van der Waals surface area contributed by atoms with Crippen molar-refractivity contribution in [3.63, 3.8) is 0 Å². The van der Waals surface area contributed by atoms with Gasteiger partial charge in [0.15, 0.2) is 0 Å². The fourth-order valence-corrected chi connectivity index (χ4v) is 2.74. The molecule has 2 atom stereocenters. The van der Waals surface area contributed by atoms with E-state index in [-0.39, 0.29) is 11.7 Å². The summed E-state index contributed by atoms with van der Waals surface area (Å²) < 4.78 is 4.73. The first-order valence-electron chi connectivity index (χ1n) is 8.05. The van der Waals surface area contributed by atoms with Crippen LogP contribution in [-0.2, 0) is 19.1 Å². The number of Topliss-reactive ketones (excluding diaryl/α,β-unsaturated/α-hetero) is 1. The number of methoxy groups -OCH3 is 1. The highest BCUT2D eigenvalue weighted by Gasteiger charge is 2.38. The van der Waals surface area contributed by atoms with E-state index in [2.05, 4.69) is 6.08 Å². The first kappa shape index (κ1) is 18.4. The second-order valence-electron chi connectivity index (χ2n) is 5.72. The number of rotatable bonds is 8. The highest BCUT2D eigenvalue weighted by molar-refractivity contribution is 6.02. The van der Waals surface area contributed by atoms with Crippen molar-refractivity contribution in [2.24, 2.45) is 5.92 Å². The molecule has 1 saturated heterocycles. The Balaban J connectivity index is 2.49. The Hall–Kier alpha value is -1.65. The molecule has 0 aromatic carbocycles. The van der Waals surface area contributed by atoms with Gasteiger partial charge in [-0.15, -0.1) is 0 Å². The highest BCUT2D eigenvalue weighted by Crippen LogP contribution is 2.22. The molecule has 1 heterocycles. The van der Waals surface area contributed by atoms with Gasteiger partial charge < -0.3 is 9.64 Å². The molecule has 0 aromatic heterocycles. The zero-order valence-electron chi connectivity index (χ0n) is 13.8. The Morgan fingerprint density at radius 1 is 1.32 bits per heavy atom. The van der Waals surface area contributed by atoms with Crippen LogP contribution in [0.5, 0.6) is 0 Å². The molecule has 5 nitrogen and oxygen atoms in total. The van der Waals surface area contributed by atoms with Crippen molar-refractivity contribution in [3.8, 4) is 0 Å². The largest absolute Gasteiger partial charge is 0.467 e. The number of carbonyl (C=O) groups is 3. The summed E-state index contributed by atoms with van der Waals surface area (Å²) in [5.74, 6) is -1.35. The van der Waals surface area contributed by atoms with Crippen molar-refractivity contribution >= 4 is 17.7 Å². The van der Waals surface area contributed by atoms with Crippen molar-refractivity contribution < 1.29 is 19.1 Å². The van der Waals surface area contributed by atoms with Crippen molar-refractivity contribution in [1.29, 1.82) is 0 Å². The first-order chi connectivity index (χ1) is 10.5. The van der Waals surface area contributed by atoms with Crippen LogP contribution >= 0.6 is 0 Å². The lowest BCUT2D eigenvalue weighted by molar-refractivity contribution is -0.153. The predicted octanol–water partition coefficient (Wildman–Crippen LogP) is 2.49. The van der Waals surface area contributed by atoms with E-state index in [1.54, 1.807) is 6.92 Å². The number of carbonyl (C=O) groups excluding carboxylic acids is 3. The van der Waals surface area contributed by atoms with E-state index >= 15 is 0 Å². The van der Waals surface area contributed by atoms with Gasteiger partial charge in [0.25, 0.3) is 0 Å². The molecule has 0 aromatic rings. The van der Waals surface area contributed by atoms with E-state index in [0.29, 0.717) is 19.4 Å². The lowest BCUT2D eigenvalue weighted by Gasteiger charge is -2.25. The van der Waals surface area contributed by atoms with Crippen molar-refractivity contribution in [3.05, 3.63) is 12.2 Å². The molecule has 0 aliphatic carbocycles. The molecule has 2 unspecified atom stereocenters. The Morgan fingerprint density at radius 3 is 2.68 bits per heavy atom. The number of unbranched alkanes of at least 4 members (excludes halogenated alkanes) is 2. The van der Waals surface area contributed by atoms with Crippen LogP contribution in [0.4, 0.5) is 0 Å². The van der Waals surface area contributed by atoms with Gasteiger partial charge in [-0.05, 0) is 46.0 Å². The molecule has 0 N–H and O–H groups in total. The van der Waals surface area contributed by atoms with E-state index < -0.39 is 17.9 Å². The molecule has 0 bridgehead atoms. The third kappa shape index (κ3) is 4.97. The van der Waals surface area contributed by atoms with Gasteiger partial charge in [-0.2, -0.15) is 0 Å². The summed E-state index contributed by atoms with van der Waals surface area (Å²) in [4.78, 5) is 37.8. The topological polar surface area (TPSA) is 63.7 Å². The molecular weight excluding hydrogens is 282 g/mol. The maximum absolute atomic E-state index is 12.4. The second kappa shape index (κ2) is 9.38. The van der Waals surface area contributed by atoms with Crippen LogP contribution in [-0.4, -0.2) is 42.3 Å². The van der Waals surface area contributed by atoms with Crippen LogP contribution in [0.25, 0.3) is 0 Å². The number of ketones is 1. The summed E-state index contributed by atoms with van der Waals surface area (Å²) in [5, 5.41) is 0. The number of likely N-dealkylation sites (tertiary alicyclic amines) is 1. The molecule has 124 valence electrons. The fraction of sp³-hybridized carbons (Fsp3) is 0.706. The van der Waals surface area contributed by atoms with Crippen molar-refractivity contribution in [2.75, 3.05) is 13.7 Å². The molecule has 22 heavy (non-hydrogen) atoms. The number of allylic oxidation sites excluding steroid dienone is 2. The summed E-state index contributed by atoms with van der Waals surface area (Å²) in [6.45, 7) is 4.14. The summed E-state index contributed by atoms with van der Waals surface area (Å²) in [5.41, 5.74) is 0. The van der Waals surface area contributed by atoms with Gasteiger partial charge in [0.1, 0.15) is 11.8 Å². The zero-order chi connectivity index (χ0) is 16.5. The summed E-state index contributed by atoms with van der Waals surface area (Å²) in [6.07, 6.45) is 8.58. The quantitative estimate of drug-likeness (QED) is 0.299. The minimum absolute atomic E-state index is 0.0407. The van der Waals surface area contributed by atoms with Gasteiger partial charge in [0, 0.05) is 13.0 Å². The summed E-state index contributed by atoms with van der Waals surface area (Å²) in [7, 11) is 1.32.